The van der Waals surface area contributed by atoms with Gasteiger partial charge in [-0.05, 0) is 24.6 Å². The lowest BCUT2D eigenvalue weighted by Gasteiger charge is -2.07. The van der Waals surface area contributed by atoms with Gasteiger partial charge in [0.25, 0.3) is 5.56 Å². The fraction of sp³-hybridized carbons (Fsp3) is 0.0833. The molecule has 0 radical (unpaired) electrons. The van der Waals surface area contributed by atoms with Gasteiger partial charge >= 0.3 is 0 Å². The van der Waals surface area contributed by atoms with Gasteiger partial charge in [-0.2, -0.15) is 5.26 Å². The number of nitrogens with zero attached hydrogens (tertiary/aromatic N) is 4. The van der Waals surface area contributed by atoms with Gasteiger partial charge in [0, 0.05) is 10.9 Å². The Morgan fingerprint density at radius 2 is 1.97 bits per heavy atom. The summed E-state index contributed by atoms with van der Waals surface area (Å²) in [5.74, 6) is -0.220. The van der Waals surface area contributed by atoms with Crippen LogP contribution in [0.4, 0.5) is 0 Å². The minimum atomic E-state index is -0.264. The number of thiophene rings is 1. The lowest BCUT2D eigenvalue weighted by Crippen LogP contribution is -2.21. The Balaban J connectivity index is 1.58. The first kappa shape index (κ1) is 20.1. The monoisotopic (exact) mass is 456 g/mol. The Morgan fingerprint density at radius 3 is 2.72 bits per heavy atom. The Bertz CT molecular complexity index is 1570. The van der Waals surface area contributed by atoms with Gasteiger partial charge in [0.2, 0.25) is 0 Å². The van der Waals surface area contributed by atoms with Crippen molar-refractivity contribution in [2.75, 3.05) is 0 Å². The van der Waals surface area contributed by atoms with Crippen molar-refractivity contribution in [2.45, 2.75) is 13.5 Å². The van der Waals surface area contributed by atoms with Crippen molar-refractivity contribution >= 4 is 48.7 Å². The van der Waals surface area contributed by atoms with Crippen molar-refractivity contribution in [1.29, 1.82) is 5.26 Å². The largest absolute Gasteiger partial charge is 0.509 e. The topological polar surface area (TPSA) is 91.8 Å². The Kier molecular flexibility index (Phi) is 5.05. The van der Waals surface area contributed by atoms with Gasteiger partial charge < -0.3 is 5.11 Å². The molecule has 156 valence electrons. The summed E-state index contributed by atoms with van der Waals surface area (Å²) in [4.78, 5) is 22.8. The van der Waals surface area contributed by atoms with Crippen LogP contribution in [0.1, 0.15) is 10.6 Å². The van der Waals surface area contributed by atoms with Gasteiger partial charge in [0.05, 0.1) is 28.5 Å². The average molecular weight is 457 g/mol. The third-order valence-corrected chi connectivity index (χ3v) is 7.09. The number of benzene rings is 2. The molecule has 0 aliphatic rings. The van der Waals surface area contributed by atoms with Crippen LogP contribution in [0, 0.1) is 18.3 Å². The van der Waals surface area contributed by atoms with E-state index in [0.29, 0.717) is 15.2 Å². The number of rotatable bonds is 4. The third-order valence-electron chi connectivity index (χ3n) is 5.15. The number of hydrogen-bond donors (Lipinski definition) is 1. The quantitative estimate of drug-likeness (QED) is 0.283. The summed E-state index contributed by atoms with van der Waals surface area (Å²) in [5, 5.41) is 23.3. The molecule has 0 saturated heterocycles. The number of para-hydroxylation sites is 1. The number of aliphatic hydroxyl groups is 1. The molecule has 5 rings (SSSR count). The number of aliphatic hydroxyl groups excluding tert-OH is 1. The Hall–Kier alpha value is -3.80. The van der Waals surface area contributed by atoms with Crippen LogP contribution in [0.5, 0.6) is 0 Å². The predicted molar refractivity (Wildman–Crippen MR) is 129 cm³/mol. The van der Waals surface area contributed by atoms with Crippen molar-refractivity contribution in [1.82, 2.24) is 14.5 Å². The molecular formula is C24H16N4O2S2. The first-order valence-corrected chi connectivity index (χ1v) is 11.5. The van der Waals surface area contributed by atoms with Gasteiger partial charge in [-0.1, -0.05) is 42.0 Å². The summed E-state index contributed by atoms with van der Waals surface area (Å²) >= 11 is 2.73. The minimum absolute atomic E-state index is 0.0577. The molecule has 3 aromatic heterocycles. The van der Waals surface area contributed by atoms with Crippen LogP contribution in [0.3, 0.4) is 0 Å². The van der Waals surface area contributed by atoms with Crippen LogP contribution >= 0.6 is 22.7 Å². The van der Waals surface area contributed by atoms with E-state index in [1.165, 1.54) is 33.6 Å². The van der Waals surface area contributed by atoms with Gasteiger partial charge in [-0.25, -0.2) is 9.97 Å². The van der Waals surface area contributed by atoms with Crippen LogP contribution in [0.25, 0.3) is 37.1 Å². The van der Waals surface area contributed by atoms with Crippen molar-refractivity contribution in [3.63, 3.8) is 0 Å². The maximum Gasteiger partial charge on any atom is 0.263 e. The van der Waals surface area contributed by atoms with E-state index in [4.69, 9.17) is 0 Å². The van der Waals surface area contributed by atoms with Crippen molar-refractivity contribution < 1.29 is 5.11 Å². The zero-order valence-electron chi connectivity index (χ0n) is 16.9. The minimum Gasteiger partial charge on any atom is -0.509 e. The first-order chi connectivity index (χ1) is 15.5. The lowest BCUT2D eigenvalue weighted by atomic mass is 10.1. The molecule has 1 N–H and O–H groups in total. The van der Waals surface area contributed by atoms with Crippen LogP contribution in [-0.2, 0) is 6.54 Å². The van der Waals surface area contributed by atoms with E-state index >= 15 is 0 Å². The molecule has 0 bridgehead atoms. The third kappa shape index (κ3) is 3.47. The summed E-state index contributed by atoms with van der Waals surface area (Å²) in [6, 6.07) is 17.5. The summed E-state index contributed by atoms with van der Waals surface area (Å²) in [5.41, 5.74) is 3.44. The molecule has 2 aromatic carbocycles. The highest BCUT2D eigenvalue weighted by molar-refractivity contribution is 7.19. The molecule has 0 atom stereocenters. The molecule has 5 aromatic rings. The number of allylic oxidation sites excluding steroid dienone is 2. The summed E-state index contributed by atoms with van der Waals surface area (Å²) in [6.07, 6.45) is 1.41. The van der Waals surface area contributed by atoms with E-state index in [1.807, 2.05) is 66.9 Å². The summed E-state index contributed by atoms with van der Waals surface area (Å²) < 4.78 is 2.25. The SMILES string of the molecule is Cc1ccc(-c2csc3ncn(C/C(O)=C(\C#N)c4nc5ccccc5s4)c(=O)c23)cc1. The number of fused-ring (bicyclic) bond motifs is 2. The second-order valence-corrected chi connectivity index (χ2v) is 9.18. The second-order valence-electron chi connectivity index (χ2n) is 7.29. The van der Waals surface area contributed by atoms with Crippen LogP contribution < -0.4 is 5.56 Å². The molecular weight excluding hydrogens is 440 g/mol. The standard InChI is InChI=1S/C24H16N4O2S2/c1-14-6-8-15(9-7-14)17-12-31-23-21(17)24(30)28(13-26-23)11-19(29)16(10-25)22-27-18-4-2-3-5-20(18)32-22/h2-9,12-13,29H,11H2,1H3/b19-16-. The van der Waals surface area contributed by atoms with Crippen molar-refractivity contribution in [3.8, 4) is 17.2 Å². The van der Waals surface area contributed by atoms with E-state index in [1.54, 1.807) is 0 Å². The molecule has 8 heteroatoms. The zero-order valence-corrected chi connectivity index (χ0v) is 18.6. The lowest BCUT2D eigenvalue weighted by molar-refractivity contribution is 0.376. The number of nitriles is 1. The van der Waals surface area contributed by atoms with E-state index in [9.17, 15) is 15.2 Å². The zero-order chi connectivity index (χ0) is 22.2. The van der Waals surface area contributed by atoms with Crippen LogP contribution in [0.15, 0.2) is 70.8 Å². The molecule has 0 fully saturated rings. The van der Waals surface area contributed by atoms with Crippen molar-refractivity contribution in [3.05, 3.63) is 86.9 Å². The predicted octanol–water partition coefficient (Wildman–Crippen LogP) is 5.54. The van der Waals surface area contributed by atoms with Crippen molar-refractivity contribution in [2.24, 2.45) is 0 Å². The Labute approximate surface area is 191 Å². The molecule has 32 heavy (non-hydrogen) atoms. The molecule has 0 spiro atoms. The second kappa shape index (κ2) is 8.04. The van der Waals surface area contributed by atoms with E-state index in [2.05, 4.69) is 9.97 Å². The fourth-order valence-corrected chi connectivity index (χ4v) is 5.37. The number of hydrogen-bond acceptors (Lipinski definition) is 7. The smallest absolute Gasteiger partial charge is 0.263 e. The summed E-state index contributed by atoms with van der Waals surface area (Å²) in [6.45, 7) is 1.85. The van der Waals surface area contributed by atoms with Crippen LogP contribution in [-0.4, -0.2) is 19.6 Å². The normalized spacial score (nSPS) is 12.1. The van der Waals surface area contributed by atoms with Gasteiger partial charge in [-0.3, -0.25) is 9.36 Å². The molecule has 0 amide bonds. The maximum absolute atomic E-state index is 13.3. The highest BCUT2D eigenvalue weighted by Crippen LogP contribution is 2.31. The van der Waals surface area contributed by atoms with Gasteiger partial charge in [0.1, 0.15) is 27.2 Å². The molecule has 6 nitrogen and oxygen atoms in total. The molecule has 0 aliphatic carbocycles. The highest BCUT2D eigenvalue weighted by Gasteiger charge is 2.17. The van der Waals surface area contributed by atoms with Gasteiger partial charge in [0.15, 0.2) is 0 Å². The van der Waals surface area contributed by atoms with Gasteiger partial charge in [-0.15, -0.1) is 22.7 Å². The molecule has 0 aliphatic heterocycles. The number of aryl methyl sites for hydroxylation is 1. The highest BCUT2D eigenvalue weighted by atomic mass is 32.1. The summed E-state index contributed by atoms with van der Waals surface area (Å²) in [7, 11) is 0. The molecule has 0 saturated carbocycles. The maximum atomic E-state index is 13.3. The number of aromatic nitrogens is 3. The molecule has 0 unspecified atom stereocenters. The first-order valence-electron chi connectivity index (χ1n) is 9.77. The van der Waals surface area contributed by atoms with E-state index in [-0.39, 0.29) is 23.4 Å². The average Bonchev–Trinajstić information content (AvgIpc) is 3.41. The fourth-order valence-electron chi connectivity index (χ4n) is 3.48. The van der Waals surface area contributed by atoms with E-state index < -0.39 is 0 Å². The van der Waals surface area contributed by atoms with Crippen LogP contribution in [0.2, 0.25) is 0 Å². The Morgan fingerprint density at radius 1 is 1.19 bits per heavy atom. The number of thiazole rings is 1. The van der Waals surface area contributed by atoms with E-state index in [0.717, 1.165) is 26.9 Å². The molecule has 3 heterocycles.